The summed E-state index contributed by atoms with van der Waals surface area (Å²) in [7, 11) is 0. The number of nitrogens with zero attached hydrogens (tertiary/aromatic N) is 1. The van der Waals surface area contributed by atoms with Crippen LogP contribution in [0.2, 0.25) is 0 Å². The van der Waals surface area contributed by atoms with Gasteiger partial charge in [0.15, 0.2) is 0 Å². The maximum absolute atomic E-state index is 12.3. The van der Waals surface area contributed by atoms with Crippen molar-refractivity contribution >= 4 is 11.3 Å². The molecule has 1 nitrogen and oxygen atoms in total. The van der Waals surface area contributed by atoms with Gasteiger partial charge in [-0.25, -0.2) is 0 Å². The van der Waals surface area contributed by atoms with Crippen molar-refractivity contribution in [3.8, 4) is 10.4 Å². The normalized spacial score (nSPS) is 11.7. The van der Waals surface area contributed by atoms with Crippen molar-refractivity contribution in [3.63, 3.8) is 0 Å². The predicted octanol–water partition coefficient (Wildman–Crippen LogP) is 3.83. The first-order valence-electron chi connectivity index (χ1n) is 4.13. The number of halogens is 3. The van der Waals surface area contributed by atoms with E-state index in [0.29, 0.717) is 0 Å². The highest BCUT2D eigenvalue weighted by atomic mass is 32.1. The van der Waals surface area contributed by atoms with Crippen LogP contribution in [0.15, 0.2) is 36.0 Å². The molecular formula is C10H6F3NS. The van der Waals surface area contributed by atoms with Gasteiger partial charge in [0.1, 0.15) is 0 Å². The number of hydrogen-bond acceptors (Lipinski definition) is 2. The standard InChI is InChI=1S/C10H6F3NS/c11-10(12,13)8-3-1-7(2-4-8)9-5-14-6-15-9/h1-6H. The van der Waals surface area contributed by atoms with E-state index in [4.69, 9.17) is 0 Å². The summed E-state index contributed by atoms with van der Waals surface area (Å²) in [6.45, 7) is 0. The SMILES string of the molecule is FC(F)(F)c1ccc(-c2cncs2)cc1. The minimum Gasteiger partial charge on any atom is -0.252 e. The number of aromatic nitrogens is 1. The largest absolute Gasteiger partial charge is 0.416 e. The first-order chi connectivity index (χ1) is 7.07. The van der Waals surface area contributed by atoms with Gasteiger partial charge >= 0.3 is 6.18 Å². The van der Waals surface area contributed by atoms with Gasteiger partial charge in [0.25, 0.3) is 0 Å². The Morgan fingerprint density at radius 2 is 1.73 bits per heavy atom. The van der Waals surface area contributed by atoms with Gasteiger partial charge in [0.05, 0.1) is 16.0 Å². The fourth-order valence-electron chi connectivity index (χ4n) is 1.18. The zero-order valence-corrected chi connectivity index (χ0v) is 8.27. The number of thiazole rings is 1. The van der Waals surface area contributed by atoms with Crippen LogP contribution in [0.1, 0.15) is 5.56 Å². The third kappa shape index (κ3) is 2.18. The van der Waals surface area contributed by atoms with Crippen LogP contribution >= 0.6 is 11.3 Å². The Balaban J connectivity index is 2.33. The first-order valence-corrected chi connectivity index (χ1v) is 5.01. The minimum absolute atomic E-state index is 0.629. The molecule has 1 aromatic heterocycles. The number of hydrogen-bond donors (Lipinski definition) is 0. The predicted molar refractivity (Wildman–Crippen MR) is 52.6 cm³/mol. The van der Waals surface area contributed by atoms with Crippen LogP contribution < -0.4 is 0 Å². The summed E-state index contributed by atoms with van der Waals surface area (Å²) in [5, 5.41) is 0. The Morgan fingerprint density at radius 3 is 2.20 bits per heavy atom. The van der Waals surface area contributed by atoms with Gasteiger partial charge in [-0.1, -0.05) is 12.1 Å². The molecule has 2 aromatic rings. The van der Waals surface area contributed by atoms with Crippen molar-refractivity contribution in [1.29, 1.82) is 0 Å². The molecule has 0 unspecified atom stereocenters. The Morgan fingerprint density at radius 1 is 1.07 bits per heavy atom. The van der Waals surface area contributed by atoms with E-state index in [1.165, 1.54) is 23.5 Å². The van der Waals surface area contributed by atoms with E-state index in [1.807, 2.05) is 0 Å². The number of benzene rings is 1. The molecule has 0 fully saturated rings. The van der Waals surface area contributed by atoms with Gasteiger partial charge in [-0.3, -0.25) is 4.98 Å². The lowest BCUT2D eigenvalue weighted by Crippen LogP contribution is -2.03. The highest BCUT2D eigenvalue weighted by molar-refractivity contribution is 7.13. The summed E-state index contributed by atoms with van der Waals surface area (Å²) >= 11 is 1.40. The Hall–Kier alpha value is -1.36. The van der Waals surface area contributed by atoms with E-state index in [9.17, 15) is 13.2 Å². The molecular weight excluding hydrogens is 223 g/mol. The van der Waals surface area contributed by atoms with Crippen LogP contribution in [-0.4, -0.2) is 4.98 Å². The molecule has 1 heterocycles. The van der Waals surface area contributed by atoms with Gasteiger partial charge in [-0.2, -0.15) is 13.2 Å². The number of rotatable bonds is 1. The molecule has 0 saturated heterocycles. The molecule has 0 aliphatic rings. The molecule has 0 radical (unpaired) electrons. The van der Waals surface area contributed by atoms with Crippen molar-refractivity contribution < 1.29 is 13.2 Å². The highest BCUT2D eigenvalue weighted by Gasteiger charge is 2.29. The van der Waals surface area contributed by atoms with Gasteiger partial charge in [0, 0.05) is 6.20 Å². The van der Waals surface area contributed by atoms with E-state index < -0.39 is 11.7 Å². The fraction of sp³-hybridized carbons (Fsp3) is 0.100. The molecule has 0 N–H and O–H groups in total. The summed E-state index contributed by atoms with van der Waals surface area (Å²) < 4.78 is 36.8. The monoisotopic (exact) mass is 229 g/mol. The van der Waals surface area contributed by atoms with Crippen molar-refractivity contribution in [2.24, 2.45) is 0 Å². The van der Waals surface area contributed by atoms with Crippen LogP contribution in [0, 0.1) is 0 Å². The zero-order valence-electron chi connectivity index (χ0n) is 7.45. The maximum atomic E-state index is 12.3. The van der Waals surface area contributed by atoms with Gasteiger partial charge in [0.2, 0.25) is 0 Å². The summed E-state index contributed by atoms with van der Waals surface area (Å²) in [4.78, 5) is 4.73. The van der Waals surface area contributed by atoms with E-state index in [1.54, 1.807) is 11.7 Å². The molecule has 0 aliphatic carbocycles. The molecule has 78 valence electrons. The lowest BCUT2D eigenvalue weighted by atomic mass is 10.1. The fourth-order valence-corrected chi connectivity index (χ4v) is 1.81. The lowest BCUT2D eigenvalue weighted by Gasteiger charge is -2.06. The van der Waals surface area contributed by atoms with Crippen molar-refractivity contribution in [1.82, 2.24) is 4.98 Å². The zero-order chi connectivity index (χ0) is 10.9. The lowest BCUT2D eigenvalue weighted by molar-refractivity contribution is -0.137. The van der Waals surface area contributed by atoms with E-state index in [0.717, 1.165) is 22.6 Å². The molecule has 0 amide bonds. The summed E-state index contributed by atoms with van der Waals surface area (Å²) in [6, 6.07) is 5.07. The average Bonchev–Trinajstić information content (AvgIpc) is 2.69. The van der Waals surface area contributed by atoms with E-state index in [2.05, 4.69) is 4.98 Å². The van der Waals surface area contributed by atoms with E-state index in [-0.39, 0.29) is 0 Å². The van der Waals surface area contributed by atoms with Gasteiger partial charge < -0.3 is 0 Å². The summed E-state index contributed by atoms with van der Waals surface area (Å²) in [5.41, 5.74) is 1.77. The molecule has 1 aromatic carbocycles. The van der Waals surface area contributed by atoms with Crippen LogP contribution in [-0.2, 0) is 6.18 Å². The van der Waals surface area contributed by atoms with Crippen molar-refractivity contribution in [2.75, 3.05) is 0 Å². The molecule has 0 spiro atoms. The second-order valence-corrected chi connectivity index (χ2v) is 3.83. The van der Waals surface area contributed by atoms with E-state index >= 15 is 0 Å². The summed E-state index contributed by atoms with van der Waals surface area (Å²) in [6.07, 6.45) is -2.64. The molecule has 0 saturated carbocycles. The molecule has 0 aliphatic heterocycles. The second kappa shape index (κ2) is 3.66. The maximum Gasteiger partial charge on any atom is 0.416 e. The number of alkyl halides is 3. The third-order valence-electron chi connectivity index (χ3n) is 1.93. The van der Waals surface area contributed by atoms with Crippen LogP contribution in [0.4, 0.5) is 13.2 Å². The molecule has 0 atom stereocenters. The molecule has 0 bridgehead atoms. The molecule has 15 heavy (non-hydrogen) atoms. The minimum atomic E-state index is -4.27. The quantitative estimate of drug-likeness (QED) is 0.724. The van der Waals surface area contributed by atoms with Gasteiger partial charge in [-0.15, -0.1) is 11.3 Å². The molecule has 5 heteroatoms. The van der Waals surface area contributed by atoms with Crippen molar-refractivity contribution in [3.05, 3.63) is 41.5 Å². The second-order valence-electron chi connectivity index (χ2n) is 2.94. The Bertz CT molecular complexity index is 431. The Kier molecular flexibility index (Phi) is 2.48. The van der Waals surface area contributed by atoms with Crippen LogP contribution in [0.5, 0.6) is 0 Å². The highest BCUT2D eigenvalue weighted by Crippen LogP contribution is 2.31. The third-order valence-corrected chi connectivity index (χ3v) is 2.75. The molecule has 2 rings (SSSR count). The van der Waals surface area contributed by atoms with Crippen LogP contribution in [0.25, 0.3) is 10.4 Å². The average molecular weight is 229 g/mol. The smallest absolute Gasteiger partial charge is 0.252 e. The summed E-state index contributed by atoms with van der Waals surface area (Å²) in [5.74, 6) is 0. The Labute approximate surface area is 88.2 Å². The topological polar surface area (TPSA) is 12.9 Å². The van der Waals surface area contributed by atoms with Crippen LogP contribution in [0.3, 0.4) is 0 Å². The van der Waals surface area contributed by atoms with Crippen molar-refractivity contribution in [2.45, 2.75) is 6.18 Å². The van der Waals surface area contributed by atoms with Gasteiger partial charge in [-0.05, 0) is 17.7 Å². The first kappa shape index (κ1) is 10.2.